The summed E-state index contributed by atoms with van der Waals surface area (Å²) in [5.74, 6) is 1.43. The summed E-state index contributed by atoms with van der Waals surface area (Å²) in [6, 6.07) is 13.5. The minimum Gasteiger partial charge on any atom is -0.490 e. The molecule has 5 heteroatoms. The average Bonchev–Trinajstić information content (AvgIpc) is 2.63. The van der Waals surface area contributed by atoms with Crippen LogP contribution in [0.5, 0.6) is 11.5 Å². The zero-order chi connectivity index (χ0) is 18.1. The molecule has 2 N–H and O–H groups in total. The van der Waals surface area contributed by atoms with Crippen molar-refractivity contribution in [2.75, 3.05) is 13.2 Å². The number of ether oxygens (including phenoxy) is 2. The van der Waals surface area contributed by atoms with Gasteiger partial charge in [-0.15, -0.1) is 0 Å². The summed E-state index contributed by atoms with van der Waals surface area (Å²) in [6.45, 7) is 5.62. The molecule has 2 rings (SSSR count). The van der Waals surface area contributed by atoms with Crippen LogP contribution in [0, 0.1) is 0 Å². The molecule has 25 heavy (non-hydrogen) atoms. The monoisotopic (exact) mass is 363 g/mol. The van der Waals surface area contributed by atoms with Crippen molar-refractivity contribution in [2.24, 2.45) is 0 Å². The van der Waals surface area contributed by atoms with Gasteiger partial charge in [0.05, 0.1) is 13.2 Å². The van der Waals surface area contributed by atoms with E-state index in [0.717, 1.165) is 17.5 Å². The number of halogens is 1. The molecule has 0 unspecified atom stereocenters. The van der Waals surface area contributed by atoms with E-state index in [1.807, 2.05) is 56.3 Å². The first-order chi connectivity index (χ1) is 12.2. The highest BCUT2D eigenvalue weighted by atomic mass is 35.5. The Balaban J connectivity index is 2.18. The lowest BCUT2D eigenvalue weighted by Gasteiger charge is -2.19. The Labute approximate surface area is 154 Å². The second-order valence-electron chi connectivity index (χ2n) is 5.73. The highest BCUT2D eigenvalue weighted by Gasteiger charge is 2.13. The Hall–Kier alpha value is -1.75. The molecule has 0 aliphatic rings. The first kappa shape index (κ1) is 19.6. The van der Waals surface area contributed by atoms with E-state index in [4.69, 9.17) is 21.1 Å². The molecule has 0 aromatic heterocycles. The standard InChI is InChI=1S/C20H26ClNO3/c1-3-17(13-23)22-12-15-9-7-11-19(24-4-2)20(15)25-14-16-8-5-6-10-18(16)21/h5-11,17,22-23H,3-4,12-14H2,1-2H3/t17-/m0/s1. The number of aliphatic hydroxyl groups excluding tert-OH is 1. The number of hydrogen-bond donors (Lipinski definition) is 2. The summed E-state index contributed by atoms with van der Waals surface area (Å²) < 4.78 is 11.8. The van der Waals surface area contributed by atoms with Gasteiger partial charge in [-0.3, -0.25) is 0 Å². The molecule has 1 atom stereocenters. The van der Waals surface area contributed by atoms with Crippen molar-refractivity contribution in [3.05, 3.63) is 58.6 Å². The van der Waals surface area contributed by atoms with Crippen LogP contribution >= 0.6 is 11.6 Å². The quantitative estimate of drug-likeness (QED) is 0.665. The molecule has 4 nitrogen and oxygen atoms in total. The van der Waals surface area contributed by atoms with Crippen LogP contribution in [0.1, 0.15) is 31.4 Å². The zero-order valence-corrected chi connectivity index (χ0v) is 15.6. The third-order valence-electron chi connectivity index (χ3n) is 3.98. The molecule has 0 fully saturated rings. The molecule has 0 spiro atoms. The topological polar surface area (TPSA) is 50.7 Å². The second kappa shape index (κ2) is 10.3. The largest absolute Gasteiger partial charge is 0.490 e. The van der Waals surface area contributed by atoms with Gasteiger partial charge in [0.1, 0.15) is 6.61 Å². The third kappa shape index (κ3) is 5.63. The van der Waals surface area contributed by atoms with Crippen LogP contribution in [-0.4, -0.2) is 24.4 Å². The lowest BCUT2D eigenvalue weighted by molar-refractivity contribution is 0.236. The van der Waals surface area contributed by atoms with Gasteiger partial charge in [-0.25, -0.2) is 0 Å². The Morgan fingerprint density at radius 2 is 1.80 bits per heavy atom. The second-order valence-corrected chi connectivity index (χ2v) is 6.13. The lowest BCUT2D eigenvalue weighted by Crippen LogP contribution is -2.31. The number of aliphatic hydroxyl groups is 1. The zero-order valence-electron chi connectivity index (χ0n) is 14.8. The summed E-state index contributed by atoms with van der Waals surface area (Å²) in [7, 11) is 0. The lowest BCUT2D eigenvalue weighted by atomic mass is 10.1. The third-order valence-corrected chi connectivity index (χ3v) is 4.35. The predicted molar refractivity (Wildman–Crippen MR) is 101 cm³/mol. The van der Waals surface area contributed by atoms with Crippen LogP contribution in [0.4, 0.5) is 0 Å². The number of rotatable bonds is 10. The molecule has 0 saturated carbocycles. The molecular formula is C20H26ClNO3. The van der Waals surface area contributed by atoms with Crippen LogP contribution in [0.2, 0.25) is 5.02 Å². The molecule has 0 heterocycles. The van der Waals surface area contributed by atoms with Gasteiger partial charge in [-0.05, 0) is 25.5 Å². The first-order valence-corrected chi connectivity index (χ1v) is 9.02. The fourth-order valence-corrected chi connectivity index (χ4v) is 2.68. The number of para-hydroxylation sites is 1. The van der Waals surface area contributed by atoms with Crippen molar-refractivity contribution in [2.45, 2.75) is 39.5 Å². The average molecular weight is 364 g/mol. The van der Waals surface area contributed by atoms with E-state index in [2.05, 4.69) is 5.32 Å². The highest BCUT2D eigenvalue weighted by molar-refractivity contribution is 6.31. The van der Waals surface area contributed by atoms with Gasteiger partial charge >= 0.3 is 0 Å². The summed E-state index contributed by atoms with van der Waals surface area (Å²) in [5.41, 5.74) is 1.92. The van der Waals surface area contributed by atoms with Gasteiger partial charge in [-0.2, -0.15) is 0 Å². The fraction of sp³-hybridized carbons (Fsp3) is 0.400. The first-order valence-electron chi connectivity index (χ1n) is 8.64. The van der Waals surface area contributed by atoms with E-state index in [1.54, 1.807) is 0 Å². The Morgan fingerprint density at radius 3 is 2.48 bits per heavy atom. The minimum absolute atomic E-state index is 0.0622. The smallest absolute Gasteiger partial charge is 0.166 e. The van der Waals surface area contributed by atoms with Gasteiger partial charge in [0.2, 0.25) is 0 Å². The molecule has 2 aromatic carbocycles. The predicted octanol–water partition coefficient (Wildman–Crippen LogP) is 4.18. The van der Waals surface area contributed by atoms with Gasteiger partial charge in [0.15, 0.2) is 11.5 Å². The van der Waals surface area contributed by atoms with Crippen molar-refractivity contribution in [3.8, 4) is 11.5 Å². The van der Waals surface area contributed by atoms with Crippen LogP contribution < -0.4 is 14.8 Å². The molecule has 0 saturated heterocycles. The van der Waals surface area contributed by atoms with Crippen molar-refractivity contribution in [1.82, 2.24) is 5.32 Å². The van der Waals surface area contributed by atoms with Crippen molar-refractivity contribution in [3.63, 3.8) is 0 Å². The van der Waals surface area contributed by atoms with Gasteiger partial charge in [0.25, 0.3) is 0 Å². The molecule has 0 bridgehead atoms. The van der Waals surface area contributed by atoms with E-state index in [0.29, 0.717) is 36.3 Å². The Bertz CT molecular complexity index is 659. The molecule has 0 aliphatic heterocycles. The number of benzene rings is 2. The highest BCUT2D eigenvalue weighted by Crippen LogP contribution is 2.32. The molecular weight excluding hydrogens is 338 g/mol. The van der Waals surface area contributed by atoms with Crippen molar-refractivity contribution in [1.29, 1.82) is 0 Å². The Morgan fingerprint density at radius 1 is 1.04 bits per heavy atom. The molecule has 0 aliphatic carbocycles. The number of hydrogen-bond acceptors (Lipinski definition) is 4. The Kier molecular flexibility index (Phi) is 8.06. The maximum Gasteiger partial charge on any atom is 0.166 e. The summed E-state index contributed by atoms with van der Waals surface area (Å²) in [4.78, 5) is 0. The number of nitrogens with one attached hydrogen (secondary N) is 1. The van der Waals surface area contributed by atoms with Crippen LogP contribution in [0.15, 0.2) is 42.5 Å². The fourth-order valence-electron chi connectivity index (χ4n) is 2.49. The van der Waals surface area contributed by atoms with Gasteiger partial charge < -0.3 is 19.9 Å². The van der Waals surface area contributed by atoms with Gasteiger partial charge in [-0.1, -0.05) is 48.9 Å². The molecule has 2 aromatic rings. The van der Waals surface area contributed by atoms with E-state index in [1.165, 1.54) is 0 Å². The van der Waals surface area contributed by atoms with E-state index in [9.17, 15) is 5.11 Å². The summed E-state index contributed by atoms with van der Waals surface area (Å²) in [6.07, 6.45) is 0.859. The van der Waals surface area contributed by atoms with Gasteiger partial charge in [0, 0.05) is 28.7 Å². The molecule has 0 radical (unpaired) electrons. The van der Waals surface area contributed by atoms with Crippen LogP contribution in [0.3, 0.4) is 0 Å². The molecule has 136 valence electrons. The van der Waals surface area contributed by atoms with Crippen molar-refractivity contribution < 1.29 is 14.6 Å². The van der Waals surface area contributed by atoms with E-state index < -0.39 is 0 Å². The van der Waals surface area contributed by atoms with E-state index in [-0.39, 0.29) is 12.6 Å². The van der Waals surface area contributed by atoms with E-state index >= 15 is 0 Å². The van der Waals surface area contributed by atoms with Crippen molar-refractivity contribution >= 4 is 11.6 Å². The summed E-state index contributed by atoms with van der Waals surface area (Å²) >= 11 is 6.22. The normalized spacial score (nSPS) is 12.0. The van der Waals surface area contributed by atoms with Crippen LogP contribution in [0.25, 0.3) is 0 Å². The maximum atomic E-state index is 9.36. The van der Waals surface area contributed by atoms with Crippen LogP contribution in [-0.2, 0) is 13.2 Å². The SMILES string of the molecule is CCOc1cccc(CN[C@@H](CC)CO)c1OCc1ccccc1Cl. The maximum absolute atomic E-state index is 9.36. The minimum atomic E-state index is 0.0622. The summed E-state index contributed by atoms with van der Waals surface area (Å²) in [5, 5.41) is 13.4. The molecule has 0 amide bonds.